The van der Waals surface area contributed by atoms with Crippen LogP contribution in [-0.4, -0.2) is 0 Å². The van der Waals surface area contributed by atoms with Gasteiger partial charge in [-0.2, -0.15) is 0 Å². The van der Waals surface area contributed by atoms with Gasteiger partial charge in [0.2, 0.25) is 0 Å². The van der Waals surface area contributed by atoms with Gasteiger partial charge >= 0.3 is 0 Å². The van der Waals surface area contributed by atoms with Gasteiger partial charge in [0.05, 0.1) is 0 Å². The highest BCUT2D eigenvalue weighted by molar-refractivity contribution is 5.25. The van der Waals surface area contributed by atoms with Crippen molar-refractivity contribution >= 4 is 0 Å². The number of rotatable bonds is 7. The maximum absolute atomic E-state index is 13.8. The van der Waals surface area contributed by atoms with Crippen LogP contribution in [0.2, 0.25) is 0 Å². The molecule has 2 aromatic rings. The molecule has 2 aromatic carbocycles. The summed E-state index contributed by atoms with van der Waals surface area (Å²) in [4.78, 5) is 0. The first-order valence-corrected chi connectivity index (χ1v) is 13.0. The molecule has 2 heteroatoms. The molecule has 0 spiro atoms. The van der Waals surface area contributed by atoms with Gasteiger partial charge < -0.3 is 0 Å². The van der Waals surface area contributed by atoms with E-state index >= 15 is 0 Å². The van der Waals surface area contributed by atoms with Gasteiger partial charge in [0.25, 0.3) is 0 Å². The Morgan fingerprint density at radius 3 is 1.88 bits per heavy atom. The predicted molar refractivity (Wildman–Crippen MR) is 130 cm³/mol. The van der Waals surface area contributed by atoms with E-state index < -0.39 is 11.6 Å². The fourth-order valence-corrected chi connectivity index (χ4v) is 6.47. The smallest absolute Gasteiger partial charge is 0.129 e. The zero-order valence-electron chi connectivity index (χ0n) is 20.0. The minimum Gasteiger partial charge on any atom is -0.207 e. The lowest BCUT2D eigenvalue weighted by molar-refractivity contribution is 0.139. The molecule has 0 N–H and O–H groups in total. The molecule has 0 nitrogen and oxygen atoms in total. The summed E-state index contributed by atoms with van der Waals surface area (Å²) in [6.07, 6.45) is 14.2. The minimum atomic E-state index is -0.405. The second kappa shape index (κ2) is 10.9. The monoisotopic (exact) mass is 438 g/mol. The van der Waals surface area contributed by atoms with Crippen molar-refractivity contribution in [3.63, 3.8) is 0 Å². The van der Waals surface area contributed by atoms with E-state index in [1.807, 2.05) is 0 Å². The van der Waals surface area contributed by atoms with E-state index in [2.05, 4.69) is 37.3 Å². The maximum Gasteiger partial charge on any atom is 0.129 e. The minimum absolute atomic E-state index is 0.138. The van der Waals surface area contributed by atoms with Gasteiger partial charge in [-0.1, -0.05) is 62.9 Å². The number of hydrogen-bond acceptors (Lipinski definition) is 0. The SMILES string of the molecule is Cc1c(F)cc(CCC2CCC(C3CCC(C[C@H](C)c4ccccc4)CC3)CC2)cc1F. The molecule has 0 saturated heterocycles. The van der Waals surface area contributed by atoms with Crippen molar-refractivity contribution in [2.45, 2.75) is 90.4 Å². The molecular weight excluding hydrogens is 398 g/mol. The summed E-state index contributed by atoms with van der Waals surface area (Å²) < 4.78 is 27.6. The number of halogens is 2. The van der Waals surface area contributed by atoms with Crippen molar-refractivity contribution in [1.82, 2.24) is 0 Å². The van der Waals surface area contributed by atoms with Crippen molar-refractivity contribution in [2.75, 3.05) is 0 Å². The van der Waals surface area contributed by atoms with E-state index in [1.54, 1.807) is 0 Å². The number of aryl methyl sites for hydroxylation is 1. The van der Waals surface area contributed by atoms with Crippen LogP contribution < -0.4 is 0 Å². The molecule has 32 heavy (non-hydrogen) atoms. The Kier molecular flexibility index (Phi) is 8.02. The standard InChI is InChI=1S/C30H40F2/c1-21(26-6-4-3-5-7-26)18-24-12-16-28(17-13-24)27-14-10-23(11-15-27)8-9-25-19-29(31)22(2)30(32)20-25/h3-7,19-21,23-24,27-28H,8-18H2,1-2H3/t21-,23?,24?,27?,28?/m0/s1. The van der Waals surface area contributed by atoms with Crippen molar-refractivity contribution < 1.29 is 8.78 Å². The van der Waals surface area contributed by atoms with Crippen LogP contribution in [0.4, 0.5) is 8.78 Å². The van der Waals surface area contributed by atoms with Gasteiger partial charge in [-0.3, -0.25) is 0 Å². The van der Waals surface area contributed by atoms with Gasteiger partial charge in [0, 0.05) is 5.56 Å². The van der Waals surface area contributed by atoms with Crippen molar-refractivity contribution in [2.24, 2.45) is 23.7 Å². The van der Waals surface area contributed by atoms with Crippen molar-refractivity contribution in [3.8, 4) is 0 Å². The summed E-state index contributed by atoms with van der Waals surface area (Å²) in [5.41, 5.74) is 2.44. The average molecular weight is 439 g/mol. The second-order valence-electron chi connectivity index (χ2n) is 10.8. The normalized spacial score (nSPS) is 27.2. The predicted octanol–water partition coefficient (Wildman–Crippen LogP) is 9.01. The third-order valence-electron chi connectivity index (χ3n) is 8.69. The van der Waals surface area contributed by atoms with Crippen LogP contribution in [0.3, 0.4) is 0 Å². The zero-order chi connectivity index (χ0) is 22.5. The van der Waals surface area contributed by atoms with Crippen LogP contribution in [0.5, 0.6) is 0 Å². The van der Waals surface area contributed by atoms with Crippen LogP contribution in [0.25, 0.3) is 0 Å². The lowest BCUT2D eigenvalue weighted by atomic mass is 9.67. The molecule has 0 bridgehead atoms. The van der Waals surface area contributed by atoms with Gasteiger partial charge in [0.1, 0.15) is 11.6 Å². The topological polar surface area (TPSA) is 0 Å². The van der Waals surface area contributed by atoms with Crippen LogP contribution >= 0.6 is 0 Å². The van der Waals surface area contributed by atoms with E-state index in [0.29, 0.717) is 5.92 Å². The Labute approximate surface area is 193 Å². The molecule has 2 aliphatic rings. The quantitative estimate of drug-likeness (QED) is 0.404. The highest BCUT2D eigenvalue weighted by Crippen LogP contribution is 2.44. The van der Waals surface area contributed by atoms with Crippen LogP contribution in [0.1, 0.15) is 93.7 Å². The molecule has 0 aromatic heterocycles. The van der Waals surface area contributed by atoms with Crippen LogP contribution in [-0.2, 0) is 6.42 Å². The molecule has 1 atom stereocenters. The van der Waals surface area contributed by atoms with Crippen LogP contribution in [0.15, 0.2) is 42.5 Å². The summed E-state index contributed by atoms with van der Waals surface area (Å²) in [5.74, 6) is 3.32. The molecule has 2 saturated carbocycles. The van der Waals surface area contributed by atoms with E-state index in [-0.39, 0.29) is 5.56 Å². The summed E-state index contributed by atoms with van der Waals surface area (Å²) in [6, 6.07) is 14.1. The van der Waals surface area contributed by atoms with E-state index in [4.69, 9.17) is 0 Å². The molecule has 0 radical (unpaired) electrons. The van der Waals surface area contributed by atoms with Gasteiger partial charge in [-0.25, -0.2) is 8.78 Å². The molecule has 0 amide bonds. The molecule has 4 rings (SSSR count). The Bertz CT molecular complexity index is 819. The average Bonchev–Trinajstić information content (AvgIpc) is 2.82. The zero-order valence-corrected chi connectivity index (χ0v) is 20.0. The molecule has 174 valence electrons. The molecule has 2 aliphatic carbocycles. The Morgan fingerprint density at radius 2 is 1.31 bits per heavy atom. The Balaban J connectivity index is 1.17. The first-order valence-electron chi connectivity index (χ1n) is 13.0. The third-order valence-corrected chi connectivity index (χ3v) is 8.69. The molecule has 2 fully saturated rings. The van der Waals surface area contributed by atoms with E-state index in [0.717, 1.165) is 42.1 Å². The molecule has 0 heterocycles. The van der Waals surface area contributed by atoms with E-state index in [1.165, 1.54) is 82.4 Å². The number of hydrogen-bond donors (Lipinski definition) is 0. The Morgan fingerprint density at radius 1 is 0.781 bits per heavy atom. The Hall–Kier alpha value is -1.70. The fourth-order valence-electron chi connectivity index (χ4n) is 6.47. The second-order valence-corrected chi connectivity index (χ2v) is 10.8. The summed E-state index contributed by atoms with van der Waals surface area (Å²) in [6.45, 7) is 3.90. The maximum atomic E-state index is 13.8. The van der Waals surface area contributed by atoms with Crippen molar-refractivity contribution in [3.05, 3.63) is 70.8 Å². The first kappa shape index (κ1) is 23.5. The van der Waals surface area contributed by atoms with Gasteiger partial charge in [-0.15, -0.1) is 0 Å². The summed E-state index contributed by atoms with van der Waals surface area (Å²) in [7, 11) is 0. The highest BCUT2D eigenvalue weighted by atomic mass is 19.1. The largest absolute Gasteiger partial charge is 0.207 e. The van der Waals surface area contributed by atoms with Gasteiger partial charge in [0.15, 0.2) is 0 Å². The summed E-state index contributed by atoms with van der Waals surface area (Å²) >= 11 is 0. The van der Waals surface area contributed by atoms with Gasteiger partial charge in [-0.05, 0) is 105 Å². The molecule has 0 unspecified atom stereocenters. The van der Waals surface area contributed by atoms with Crippen molar-refractivity contribution in [1.29, 1.82) is 0 Å². The first-order chi connectivity index (χ1) is 15.5. The third kappa shape index (κ3) is 6.00. The molecular formula is C30H40F2. The lowest BCUT2D eigenvalue weighted by Gasteiger charge is -2.38. The highest BCUT2D eigenvalue weighted by Gasteiger charge is 2.31. The number of benzene rings is 2. The molecule has 0 aliphatic heterocycles. The summed E-state index contributed by atoms with van der Waals surface area (Å²) in [5, 5.41) is 0. The fraction of sp³-hybridized carbons (Fsp3) is 0.600. The lowest BCUT2D eigenvalue weighted by Crippen LogP contribution is -2.26. The van der Waals surface area contributed by atoms with E-state index in [9.17, 15) is 8.78 Å². The van der Waals surface area contributed by atoms with Crippen LogP contribution in [0, 0.1) is 42.2 Å².